The Morgan fingerprint density at radius 1 is 1.33 bits per heavy atom. The third-order valence-electron chi connectivity index (χ3n) is 4.07. The summed E-state index contributed by atoms with van der Waals surface area (Å²) in [5.41, 5.74) is 1.24. The van der Waals surface area contributed by atoms with Crippen molar-refractivity contribution in [1.29, 1.82) is 0 Å². The van der Waals surface area contributed by atoms with Crippen LogP contribution in [0.4, 0.5) is 10.5 Å². The molecule has 2 amide bonds. The van der Waals surface area contributed by atoms with Gasteiger partial charge in [0.1, 0.15) is 0 Å². The predicted molar refractivity (Wildman–Crippen MR) is 83.7 cm³/mol. The zero-order valence-electron chi connectivity index (χ0n) is 12.8. The lowest BCUT2D eigenvalue weighted by Gasteiger charge is -2.35. The number of nitrogens with zero attached hydrogens (tertiary/aromatic N) is 1. The number of likely N-dealkylation sites (tertiary alicyclic amines) is 1. The Balaban J connectivity index is 1.90. The van der Waals surface area contributed by atoms with Crippen molar-refractivity contribution in [3.05, 3.63) is 29.8 Å². The van der Waals surface area contributed by atoms with E-state index >= 15 is 0 Å². The molecule has 1 saturated heterocycles. The van der Waals surface area contributed by atoms with Gasteiger partial charge in [-0.3, -0.25) is 4.79 Å². The smallest absolute Gasteiger partial charge is 0.319 e. The summed E-state index contributed by atoms with van der Waals surface area (Å²) in [5, 5.41) is 5.80. The van der Waals surface area contributed by atoms with E-state index < -0.39 is 0 Å². The van der Waals surface area contributed by atoms with E-state index in [0.717, 1.165) is 19.4 Å². The lowest BCUT2D eigenvalue weighted by atomic mass is 9.99. The van der Waals surface area contributed by atoms with Crippen LogP contribution in [0, 0.1) is 0 Å². The highest BCUT2D eigenvalue weighted by molar-refractivity contribution is 5.96. The minimum Gasteiger partial charge on any atom is -0.335 e. The van der Waals surface area contributed by atoms with E-state index in [-0.39, 0.29) is 17.9 Å². The minimum atomic E-state index is -0.211. The molecule has 1 aromatic rings. The Kier molecular flexibility index (Phi) is 4.96. The number of rotatable bonds is 3. The SMILES string of the molecule is CC(=O)c1cccc(NC(=O)NC2CCN(C)C(C)C2)c1. The van der Waals surface area contributed by atoms with Crippen LogP contribution in [0.5, 0.6) is 0 Å². The van der Waals surface area contributed by atoms with E-state index in [9.17, 15) is 9.59 Å². The van der Waals surface area contributed by atoms with Gasteiger partial charge in [0.05, 0.1) is 0 Å². The summed E-state index contributed by atoms with van der Waals surface area (Å²) >= 11 is 0. The molecule has 5 nitrogen and oxygen atoms in total. The summed E-state index contributed by atoms with van der Waals surface area (Å²) in [6.45, 7) is 4.67. The fourth-order valence-corrected chi connectivity index (χ4v) is 2.59. The summed E-state index contributed by atoms with van der Waals surface area (Å²) < 4.78 is 0. The van der Waals surface area contributed by atoms with Crippen molar-refractivity contribution >= 4 is 17.5 Å². The molecule has 1 aliphatic heterocycles. The second-order valence-electron chi connectivity index (χ2n) is 5.79. The molecule has 1 aliphatic rings. The van der Waals surface area contributed by atoms with Crippen LogP contribution < -0.4 is 10.6 Å². The Hall–Kier alpha value is -1.88. The van der Waals surface area contributed by atoms with Crippen molar-refractivity contribution in [2.24, 2.45) is 0 Å². The number of carbonyl (C=O) groups excluding carboxylic acids is 2. The maximum atomic E-state index is 12.0. The molecule has 2 N–H and O–H groups in total. The molecule has 2 unspecified atom stereocenters. The summed E-state index contributed by atoms with van der Waals surface area (Å²) in [6.07, 6.45) is 1.92. The number of anilines is 1. The highest BCUT2D eigenvalue weighted by atomic mass is 16.2. The number of nitrogens with one attached hydrogen (secondary N) is 2. The molecule has 0 radical (unpaired) electrons. The monoisotopic (exact) mass is 289 g/mol. The second kappa shape index (κ2) is 6.72. The number of carbonyl (C=O) groups is 2. The maximum Gasteiger partial charge on any atom is 0.319 e. The van der Waals surface area contributed by atoms with Crippen molar-refractivity contribution < 1.29 is 9.59 Å². The van der Waals surface area contributed by atoms with Crippen LogP contribution in [-0.4, -0.2) is 42.4 Å². The molecular weight excluding hydrogens is 266 g/mol. The first kappa shape index (κ1) is 15.5. The quantitative estimate of drug-likeness (QED) is 0.840. The summed E-state index contributed by atoms with van der Waals surface area (Å²) in [5.74, 6) is -0.0109. The third kappa shape index (κ3) is 4.29. The highest BCUT2D eigenvalue weighted by Gasteiger charge is 2.23. The second-order valence-corrected chi connectivity index (χ2v) is 5.79. The van der Waals surface area contributed by atoms with Gasteiger partial charge in [-0.15, -0.1) is 0 Å². The van der Waals surface area contributed by atoms with E-state index in [0.29, 0.717) is 17.3 Å². The van der Waals surface area contributed by atoms with Gasteiger partial charge in [-0.1, -0.05) is 12.1 Å². The lowest BCUT2D eigenvalue weighted by Crippen LogP contribution is -2.48. The fraction of sp³-hybridized carbons (Fsp3) is 0.500. The number of benzene rings is 1. The van der Waals surface area contributed by atoms with Crippen LogP contribution in [-0.2, 0) is 0 Å². The molecule has 1 fully saturated rings. The Morgan fingerprint density at radius 2 is 2.10 bits per heavy atom. The van der Waals surface area contributed by atoms with Crippen LogP contribution >= 0.6 is 0 Å². The molecule has 5 heteroatoms. The number of hydrogen-bond donors (Lipinski definition) is 2. The number of Topliss-reactive ketones (excluding diaryl/α,β-unsaturated/α-hetero) is 1. The normalized spacial score (nSPS) is 22.6. The van der Waals surface area contributed by atoms with Gasteiger partial charge >= 0.3 is 6.03 Å². The zero-order valence-corrected chi connectivity index (χ0v) is 12.8. The first-order valence-corrected chi connectivity index (χ1v) is 7.34. The van der Waals surface area contributed by atoms with Crippen molar-refractivity contribution in [3.63, 3.8) is 0 Å². The zero-order chi connectivity index (χ0) is 15.4. The molecule has 1 heterocycles. The topological polar surface area (TPSA) is 61.4 Å². The van der Waals surface area contributed by atoms with Crippen molar-refractivity contribution in [3.8, 4) is 0 Å². The van der Waals surface area contributed by atoms with Crippen LogP contribution in [0.25, 0.3) is 0 Å². The van der Waals surface area contributed by atoms with Gasteiger partial charge in [0.15, 0.2) is 5.78 Å². The van der Waals surface area contributed by atoms with E-state index in [4.69, 9.17) is 0 Å². The molecule has 0 saturated carbocycles. The molecule has 0 spiro atoms. The average molecular weight is 289 g/mol. The van der Waals surface area contributed by atoms with Crippen LogP contribution in [0.15, 0.2) is 24.3 Å². The van der Waals surface area contributed by atoms with Crippen LogP contribution in [0.1, 0.15) is 37.0 Å². The fourth-order valence-electron chi connectivity index (χ4n) is 2.59. The van der Waals surface area contributed by atoms with Gasteiger partial charge in [0.2, 0.25) is 0 Å². The molecule has 2 atom stereocenters. The van der Waals surface area contributed by atoms with Crippen molar-refractivity contribution in [2.45, 2.75) is 38.8 Å². The molecule has 0 bridgehead atoms. The molecule has 114 valence electrons. The van der Waals surface area contributed by atoms with Crippen molar-refractivity contribution in [2.75, 3.05) is 18.9 Å². The molecule has 1 aromatic carbocycles. The number of hydrogen-bond acceptors (Lipinski definition) is 3. The highest BCUT2D eigenvalue weighted by Crippen LogP contribution is 2.16. The van der Waals surface area contributed by atoms with Crippen LogP contribution in [0.3, 0.4) is 0 Å². The summed E-state index contributed by atoms with van der Waals surface area (Å²) in [4.78, 5) is 25.7. The van der Waals surface area contributed by atoms with E-state index in [1.54, 1.807) is 24.3 Å². The van der Waals surface area contributed by atoms with Gasteiger partial charge < -0.3 is 15.5 Å². The summed E-state index contributed by atoms with van der Waals surface area (Å²) in [7, 11) is 2.11. The Labute approximate surface area is 125 Å². The Morgan fingerprint density at radius 3 is 2.76 bits per heavy atom. The largest absolute Gasteiger partial charge is 0.335 e. The maximum absolute atomic E-state index is 12.0. The average Bonchev–Trinajstić information content (AvgIpc) is 2.43. The molecular formula is C16H23N3O2. The van der Waals surface area contributed by atoms with E-state index in [1.165, 1.54) is 6.92 Å². The van der Waals surface area contributed by atoms with Gasteiger partial charge in [0.25, 0.3) is 0 Å². The lowest BCUT2D eigenvalue weighted by molar-refractivity contribution is 0.101. The predicted octanol–water partition coefficient (Wildman–Crippen LogP) is 2.49. The first-order chi connectivity index (χ1) is 9.95. The number of ketones is 1. The number of amides is 2. The molecule has 0 aromatic heterocycles. The summed E-state index contributed by atoms with van der Waals surface area (Å²) in [6, 6.07) is 7.45. The molecule has 0 aliphatic carbocycles. The van der Waals surface area contributed by atoms with Gasteiger partial charge in [-0.25, -0.2) is 4.79 Å². The van der Waals surface area contributed by atoms with Gasteiger partial charge in [-0.2, -0.15) is 0 Å². The first-order valence-electron chi connectivity index (χ1n) is 7.34. The van der Waals surface area contributed by atoms with Crippen LogP contribution in [0.2, 0.25) is 0 Å². The van der Waals surface area contributed by atoms with E-state index in [2.05, 4.69) is 29.5 Å². The third-order valence-corrected chi connectivity index (χ3v) is 4.07. The van der Waals surface area contributed by atoms with Gasteiger partial charge in [-0.05, 0) is 45.9 Å². The van der Waals surface area contributed by atoms with Crippen molar-refractivity contribution in [1.82, 2.24) is 10.2 Å². The minimum absolute atomic E-state index is 0.0109. The number of urea groups is 1. The number of piperidine rings is 1. The standard InChI is InChI=1S/C16H23N3O2/c1-11-9-15(7-8-19(11)3)18-16(21)17-14-6-4-5-13(10-14)12(2)20/h4-6,10-11,15H,7-9H2,1-3H3,(H2,17,18,21). The van der Waals surface area contributed by atoms with Gasteiger partial charge in [0, 0.05) is 29.9 Å². The van der Waals surface area contributed by atoms with E-state index in [1.807, 2.05) is 0 Å². The molecule has 21 heavy (non-hydrogen) atoms. The molecule has 2 rings (SSSR count). The Bertz CT molecular complexity index is 530.